The molecule has 0 unspecified atom stereocenters. The molecule has 0 fully saturated rings. The SMILES string of the molecule is Cc1nc(C(=O)NCC(C)(C)CCCBr)cs1. The number of alkyl halides is 1. The lowest BCUT2D eigenvalue weighted by atomic mass is 9.88. The molecular weight excluding hydrogens is 300 g/mol. The first-order valence-corrected chi connectivity index (χ1v) is 7.71. The highest BCUT2D eigenvalue weighted by molar-refractivity contribution is 9.09. The summed E-state index contributed by atoms with van der Waals surface area (Å²) < 4.78 is 0. The molecule has 0 saturated heterocycles. The van der Waals surface area contributed by atoms with Crippen LogP contribution in [0.15, 0.2) is 5.38 Å². The van der Waals surface area contributed by atoms with E-state index in [1.54, 1.807) is 5.38 Å². The maximum Gasteiger partial charge on any atom is 0.270 e. The second-order valence-corrected chi connectivity index (χ2v) is 6.75. The molecule has 0 aliphatic rings. The summed E-state index contributed by atoms with van der Waals surface area (Å²) in [6.45, 7) is 6.93. The number of nitrogens with one attached hydrogen (secondary N) is 1. The van der Waals surface area contributed by atoms with E-state index in [2.05, 4.69) is 40.1 Å². The van der Waals surface area contributed by atoms with Crippen LogP contribution in [0.5, 0.6) is 0 Å². The number of aryl methyl sites for hydroxylation is 1. The number of amides is 1. The van der Waals surface area contributed by atoms with Gasteiger partial charge in [-0.2, -0.15) is 0 Å². The third-order valence-corrected chi connectivity index (χ3v) is 3.90. The monoisotopic (exact) mass is 318 g/mol. The maximum absolute atomic E-state index is 11.8. The van der Waals surface area contributed by atoms with E-state index in [-0.39, 0.29) is 11.3 Å². The van der Waals surface area contributed by atoms with Gasteiger partial charge in [-0.3, -0.25) is 4.79 Å². The second kappa shape index (κ2) is 6.50. The number of carbonyl (C=O) groups is 1. The summed E-state index contributed by atoms with van der Waals surface area (Å²) in [6, 6.07) is 0. The van der Waals surface area contributed by atoms with Crippen molar-refractivity contribution in [3.63, 3.8) is 0 Å². The highest BCUT2D eigenvalue weighted by Gasteiger charge is 2.19. The number of rotatable bonds is 6. The van der Waals surface area contributed by atoms with E-state index >= 15 is 0 Å². The zero-order chi connectivity index (χ0) is 12.9. The zero-order valence-electron chi connectivity index (χ0n) is 10.5. The molecule has 1 rings (SSSR count). The Hall–Kier alpha value is -0.420. The predicted molar refractivity (Wildman–Crippen MR) is 76.0 cm³/mol. The molecule has 96 valence electrons. The van der Waals surface area contributed by atoms with E-state index in [0.717, 1.165) is 23.2 Å². The summed E-state index contributed by atoms with van der Waals surface area (Å²) in [6.07, 6.45) is 2.22. The molecule has 0 aliphatic carbocycles. The van der Waals surface area contributed by atoms with Crippen molar-refractivity contribution in [2.75, 3.05) is 11.9 Å². The summed E-state index contributed by atoms with van der Waals surface area (Å²) in [5.41, 5.74) is 0.665. The van der Waals surface area contributed by atoms with Crippen LogP contribution in [0, 0.1) is 12.3 Å². The van der Waals surface area contributed by atoms with Gasteiger partial charge in [-0.15, -0.1) is 11.3 Å². The van der Waals surface area contributed by atoms with Crippen LogP contribution in [-0.2, 0) is 0 Å². The van der Waals surface area contributed by atoms with Crippen molar-refractivity contribution in [3.05, 3.63) is 16.1 Å². The van der Waals surface area contributed by atoms with Gasteiger partial charge < -0.3 is 5.32 Å². The van der Waals surface area contributed by atoms with E-state index in [1.807, 2.05) is 6.92 Å². The lowest BCUT2D eigenvalue weighted by Crippen LogP contribution is -2.34. The standard InChI is InChI=1S/C12H19BrN2OS/c1-9-15-10(7-17-9)11(16)14-8-12(2,3)5-4-6-13/h7H,4-6,8H2,1-3H3,(H,14,16). The number of nitrogens with zero attached hydrogens (tertiary/aromatic N) is 1. The van der Waals surface area contributed by atoms with Crippen LogP contribution in [0.1, 0.15) is 42.2 Å². The van der Waals surface area contributed by atoms with E-state index in [0.29, 0.717) is 12.2 Å². The van der Waals surface area contributed by atoms with Gasteiger partial charge >= 0.3 is 0 Å². The summed E-state index contributed by atoms with van der Waals surface area (Å²) in [5.74, 6) is -0.0683. The van der Waals surface area contributed by atoms with E-state index in [9.17, 15) is 4.79 Å². The van der Waals surface area contributed by atoms with Crippen molar-refractivity contribution < 1.29 is 4.79 Å². The average molecular weight is 319 g/mol. The van der Waals surface area contributed by atoms with Crippen LogP contribution in [0.4, 0.5) is 0 Å². The normalized spacial score (nSPS) is 11.5. The van der Waals surface area contributed by atoms with Crippen LogP contribution >= 0.6 is 27.3 Å². The molecule has 1 aromatic heterocycles. The van der Waals surface area contributed by atoms with Gasteiger partial charge in [0.25, 0.3) is 5.91 Å². The van der Waals surface area contributed by atoms with E-state index < -0.39 is 0 Å². The quantitative estimate of drug-likeness (QED) is 0.817. The zero-order valence-corrected chi connectivity index (χ0v) is 12.9. The lowest BCUT2D eigenvalue weighted by Gasteiger charge is -2.24. The second-order valence-electron chi connectivity index (χ2n) is 4.89. The molecule has 0 saturated carbocycles. The van der Waals surface area contributed by atoms with Gasteiger partial charge in [-0.1, -0.05) is 29.8 Å². The Morgan fingerprint density at radius 3 is 2.82 bits per heavy atom. The van der Waals surface area contributed by atoms with Crippen LogP contribution in [0.2, 0.25) is 0 Å². The van der Waals surface area contributed by atoms with Crippen molar-refractivity contribution in [2.45, 2.75) is 33.6 Å². The molecule has 1 amide bonds. The van der Waals surface area contributed by atoms with Gasteiger partial charge in [0, 0.05) is 17.3 Å². The minimum atomic E-state index is -0.0683. The first-order valence-electron chi connectivity index (χ1n) is 5.71. The minimum absolute atomic E-state index is 0.0683. The summed E-state index contributed by atoms with van der Waals surface area (Å²) in [5, 5.41) is 6.69. The Balaban J connectivity index is 2.42. The molecule has 0 spiro atoms. The fourth-order valence-electron chi connectivity index (χ4n) is 1.51. The van der Waals surface area contributed by atoms with E-state index in [1.165, 1.54) is 11.3 Å². The molecule has 1 heterocycles. The molecule has 5 heteroatoms. The number of halogens is 1. The molecule has 0 bridgehead atoms. The van der Waals surface area contributed by atoms with Crippen molar-refractivity contribution >= 4 is 33.2 Å². The van der Waals surface area contributed by atoms with Crippen LogP contribution in [-0.4, -0.2) is 22.8 Å². The molecule has 3 nitrogen and oxygen atoms in total. The average Bonchev–Trinajstić information content (AvgIpc) is 2.70. The van der Waals surface area contributed by atoms with Gasteiger partial charge in [0.05, 0.1) is 5.01 Å². The Morgan fingerprint density at radius 2 is 2.29 bits per heavy atom. The maximum atomic E-state index is 11.8. The summed E-state index contributed by atoms with van der Waals surface area (Å²) in [7, 11) is 0. The molecule has 17 heavy (non-hydrogen) atoms. The molecule has 1 aromatic rings. The fourth-order valence-corrected chi connectivity index (χ4v) is 2.38. The molecule has 1 N–H and O–H groups in total. The summed E-state index contributed by atoms with van der Waals surface area (Å²) >= 11 is 4.93. The van der Waals surface area contributed by atoms with Gasteiger partial charge in [0.2, 0.25) is 0 Å². The Morgan fingerprint density at radius 1 is 1.59 bits per heavy atom. The molecule has 0 atom stereocenters. The molecular formula is C12H19BrN2OS. The van der Waals surface area contributed by atoms with Crippen molar-refractivity contribution in [1.29, 1.82) is 0 Å². The first-order chi connectivity index (χ1) is 7.94. The number of thiazole rings is 1. The first kappa shape index (κ1) is 14.6. The van der Waals surface area contributed by atoms with Crippen LogP contribution < -0.4 is 5.32 Å². The Bertz CT molecular complexity index is 376. The Kier molecular flexibility index (Phi) is 5.59. The smallest absolute Gasteiger partial charge is 0.270 e. The number of carbonyl (C=O) groups excluding carboxylic acids is 1. The Labute approximate surface area is 115 Å². The van der Waals surface area contributed by atoms with E-state index in [4.69, 9.17) is 0 Å². The van der Waals surface area contributed by atoms with Crippen LogP contribution in [0.3, 0.4) is 0 Å². The third kappa shape index (κ3) is 5.17. The largest absolute Gasteiger partial charge is 0.350 e. The number of hydrogen-bond donors (Lipinski definition) is 1. The van der Waals surface area contributed by atoms with Gasteiger partial charge in [-0.05, 0) is 25.2 Å². The topological polar surface area (TPSA) is 42.0 Å². The third-order valence-electron chi connectivity index (χ3n) is 2.57. The lowest BCUT2D eigenvalue weighted by molar-refractivity contribution is 0.0930. The molecule has 0 radical (unpaired) electrons. The number of hydrogen-bond acceptors (Lipinski definition) is 3. The molecule has 0 aromatic carbocycles. The number of aromatic nitrogens is 1. The minimum Gasteiger partial charge on any atom is -0.350 e. The van der Waals surface area contributed by atoms with Gasteiger partial charge in [-0.25, -0.2) is 4.98 Å². The van der Waals surface area contributed by atoms with Gasteiger partial charge in [0.15, 0.2) is 0 Å². The highest BCUT2D eigenvalue weighted by Crippen LogP contribution is 2.21. The van der Waals surface area contributed by atoms with Crippen molar-refractivity contribution in [1.82, 2.24) is 10.3 Å². The van der Waals surface area contributed by atoms with Crippen molar-refractivity contribution in [3.8, 4) is 0 Å². The summed E-state index contributed by atoms with van der Waals surface area (Å²) in [4.78, 5) is 16.0. The molecule has 0 aliphatic heterocycles. The van der Waals surface area contributed by atoms with Crippen LogP contribution in [0.25, 0.3) is 0 Å². The fraction of sp³-hybridized carbons (Fsp3) is 0.667. The highest BCUT2D eigenvalue weighted by atomic mass is 79.9. The van der Waals surface area contributed by atoms with Crippen molar-refractivity contribution in [2.24, 2.45) is 5.41 Å². The predicted octanol–water partition coefficient (Wildman–Crippen LogP) is 3.38. The van der Waals surface area contributed by atoms with Gasteiger partial charge in [0.1, 0.15) is 5.69 Å².